The number of nitrogens with one attached hydrogen (secondary N) is 1. The Bertz CT molecular complexity index is 560. The van der Waals surface area contributed by atoms with Gasteiger partial charge in [0.05, 0.1) is 6.54 Å². The number of rotatable bonds is 5. The number of sulfonamides is 1. The Balaban J connectivity index is 1.93. The van der Waals surface area contributed by atoms with Gasteiger partial charge in [-0.3, -0.25) is 4.79 Å². The number of piperidine rings is 1. The van der Waals surface area contributed by atoms with Crippen LogP contribution in [0.15, 0.2) is 16.3 Å². The number of carbonyl (C=O) groups is 1. The Morgan fingerprint density at radius 3 is 2.60 bits per heavy atom. The first kappa shape index (κ1) is 15.5. The lowest BCUT2D eigenvalue weighted by Gasteiger charge is -2.26. The average molecular weight is 316 g/mol. The average Bonchev–Trinajstić information content (AvgIpc) is 2.95. The van der Waals surface area contributed by atoms with Crippen LogP contribution in [0.3, 0.4) is 0 Å². The van der Waals surface area contributed by atoms with Crippen molar-refractivity contribution in [1.82, 2.24) is 9.62 Å². The number of thiophene rings is 1. The molecular formula is C13H20N2O3S2. The van der Waals surface area contributed by atoms with Crippen LogP contribution in [0.1, 0.15) is 31.1 Å². The van der Waals surface area contributed by atoms with Crippen LogP contribution in [0.25, 0.3) is 0 Å². The SMILES string of the molecule is CCc1ccc(S(=O)(=O)NCC(=O)N2CCCCC2)s1. The normalized spacial score (nSPS) is 16.4. The summed E-state index contributed by atoms with van der Waals surface area (Å²) in [6, 6.07) is 3.41. The minimum atomic E-state index is -3.56. The largest absolute Gasteiger partial charge is 0.342 e. The number of hydrogen-bond acceptors (Lipinski definition) is 4. The Morgan fingerprint density at radius 1 is 1.30 bits per heavy atom. The smallest absolute Gasteiger partial charge is 0.250 e. The molecule has 0 radical (unpaired) electrons. The van der Waals surface area contributed by atoms with Gasteiger partial charge in [-0.1, -0.05) is 6.92 Å². The lowest BCUT2D eigenvalue weighted by molar-refractivity contribution is -0.130. The molecule has 1 amide bonds. The molecule has 0 atom stereocenters. The first-order valence-corrected chi connectivity index (χ1v) is 9.19. The van der Waals surface area contributed by atoms with E-state index in [-0.39, 0.29) is 16.7 Å². The van der Waals surface area contributed by atoms with Gasteiger partial charge in [0.25, 0.3) is 10.0 Å². The highest BCUT2D eigenvalue weighted by molar-refractivity contribution is 7.91. The first-order chi connectivity index (χ1) is 9.53. The van der Waals surface area contributed by atoms with Crippen molar-refractivity contribution in [3.63, 3.8) is 0 Å². The van der Waals surface area contributed by atoms with Crippen molar-refractivity contribution < 1.29 is 13.2 Å². The zero-order chi connectivity index (χ0) is 14.6. The second-order valence-corrected chi connectivity index (χ2v) is 8.00. The molecule has 1 fully saturated rings. The van der Waals surface area contributed by atoms with Gasteiger partial charge in [-0.25, -0.2) is 13.1 Å². The van der Waals surface area contributed by atoms with Crippen LogP contribution in [0.4, 0.5) is 0 Å². The van der Waals surface area contributed by atoms with Gasteiger partial charge in [-0.15, -0.1) is 11.3 Å². The molecule has 1 saturated heterocycles. The molecule has 7 heteroatoms. The third-order valence-electron chi connectivity index (χ3n) is 3.37. The van der Waals surface area contributed by atoms with Gasteiger partial charge in [-0.05, 0) is 37.8 Å². The second-order valence-electron chi connectivity index (χ2n) is 4.84. The number of nitrogens with zero attached hydrogens (tertiary/aromatic N) is 1. The van der Waals surface area contributed by atoms with Gasteiger partial charge < -0.3 is 4.90 Å². The molecule has 0 aliphatic carbocycles. The number of likely N-dealkylation sites (tertiary alicyclic amines) is 1. The summed E-state index contributed by atoms with van der Waals surface area (Å²) in [4.78, 5) is 14.7. The predicted octanol–water partition coefficient (Wildman–Crippen LogP) is 1.60. The van der Waals surface area contributed by atoms with Crippen molar-refractivity contribution in [2.45, 2.75) is 36.8 Å². The molecule has 2 heterocycles. The van der Waals surface area contributed by atoms with E-state index in [1.807, 2.05) is 13.0 Å². The molecule has 1 aromatic rings. The van der Waals surface area contributed by atoms with Gasteiger partial charge >= 0.3 is 0 Å². The number of carbonyl (C=O) groups excluding carboxylic acids is 1. The van der Waals surface area contributed by atoms with Crippen LogP contribution in [-0.2, 0) is 21.2 Å². The van der Waals surface area contributed by atoms with E-state index in [0.717, 1.165) is 43.6 Å². The van der Waals surface area contributed by atoms with Crippen molar-refractivity contribution in [3.8, 4) is 0 Å². The monoisotopic (exact) mass is 316 g/mol. The molecule has 0 saturated carbocycles. The summed E-state index contributed by atoms with van der Waals surface area (Å²) in [6.07, 6.45) is 3.96. The molecular weight excluding hydrogens is 296 g/mol. The summed E-state index contributed by atoms with van der Waals surface area (Å²) in [7, 11) is -3.56. The zero-order valence-electron chi connectivity index (χ0n) is 11.6. The fraction of sp³-hybridized carbons (Fsp3) is 0.615. The minimum absolute atomic E-state index is 0.138. The van der Waals surface area contributed by atoms with Crippen molar-refractivity contribution in [1.29, 1.82) is 0 Å². The number of hydrogen-bond donors (Lipinski definition) is 1. The van der Waals surface area contributed by atoms with Gasteiger partial charge in [0, 0.05) is 18.0 Å². The lowest BCUT2D eigenvalue weighted by atomic mass is 10.1. The van der Waals surface area contributed by atoms with E-state index >= 15 is 0 Å². The summed E-state index contributed by atoms with van der Waals surface area (Å²) in [5.74, 6) is -0.138. The number of amides is 1. The van der Waals surface area contributed by atoms with Crippen LogP contribution in [-0.4, -0.2) is 38.9 Å². The maximum absolute atomic E-state index is 12.1. The standard InChI is InChI=1S/C13H20N2O3S2/c1-2-11-6-7-13(19-11)20(17,18)14-10-12(16)15-8-4-3-5-9-15/h6-7,14H,2-5,8-10H2,1H3. The molecule has 0 unspecified atom stereocenters. The molecule has 0 bridgehead atoms. The third kappa shape index (κ3) is 3.80. The number of aryl methyl sites for hydroxylation is 1. The summed E-state index contributed by atoms with van der Waals surface area (Å²) in [5.41, 5.74) is 0. The van der Waals surface area contributed by atoms with E-state index in [0.29, 0.717) is 0 Å². The van der Waals surface area contributed by atoms with Gasteiger partial charge in [0.1, 0.15) is 4.21 Å². The van der Waals surface area contributed by atoms with E-state index in [1.165, 1.54) is 11.3 Å². The van der Waals surface area contributed by atoms with Crippen LogP contribution < -0.4 is 4.72 Å². The second kappa shape index (κ2) is 6.69. The molecule has 2 rings (SSSR count). The third-order valence-corrected chi connectivity index (χ3v) is 6.50. The van der Waals surface area contributed by atoms with E-state index in [4.69, 9.17) is 0 Å². The lowest BCUT2D eigenvalue weighted by Crippen LogP contribution is -2.42. The van der Waals surface area contributed by atoms with Gasteiger partial charge in [0.15, 0.2) is 0 Å². The van der Waals surface area contributed by atoms with Gasteiger partial charge in [0.2, 0.25) is 5.91 Å². The minimum Gasteiger partial charge on any atom is -0.342 e. The molecule has 1 aliphatic rings. The molecule has 0 spiro atoms. The summed E-state index contributed by atoms with van der Waals surface area (Å²) < 4.78 is 26.8. The van der Waals surface area contributed by atoms with Crippen molar-refractivity contribution >= 4 is 27.3 Å². The maximum Gasteiger partial charge on any atom is 0.250 e. The highest BCUT2D eigenvalue weighted by Crippen LogP contribution is 2.21. The van der Waals surface area contributed by atoms with Crippen LogP contribution in [0.5, 0.6) is 0 Å². The van der Waals surface area contributed by atoms with Crippen molar-refractivity contribution in [2.75, 3.05) is 19.6 Å². The molecule has 1 aliphatic heterocycles. The molecule has 0 aromatic carbocycles. The first-order valence-electron chi connectivity index (χ1n) is 6.89. The topological polar surface area (TPSA) is 66.5 Å². The van der Waals surface area contributed by atoms with E-state index in [1.54, 1.807) is 11.0 Å². The maximum atomic E-state index is 12.1. The fourth-order valence-electron chi connectivity index (χ4n) is 2.18. The predicted molar refractivity (Wildman–Crippen MR) is 79.3 cm³/mol. The van der Waals surface area contributed by atoms with Gasteiger partial charge in [-0.2, -0.15) is 0 Å². The van der Waals surface area contributed by atoms with E-state index in [2.05, 4.69) is 4.72 Å². The highest BCUT2D eigenvalue weighted by atomic mass is 32.2. The Morgan fingerprint density at radius 2 is 2.00 bits per heavy atom. The molecule has 5 nitrogen and oxygen atoms in total. The fourth-order valence-corrected chi connectivity index (χ4v) is 4.49. The molecule has 1 N–H and O–H groups in total. The summed E-state index contributed by atoms with van der Waals surface area (Å²) in [5, 5.41) is 0. The van der Waals surface area contributed by atoms with Crippen LogP contribution in [0.2, 0.25) is 0 Å². The summed E-state index contributed by atoms with van der Waals surface area (Å²) >= 11 is 1.25. The Kier molecular flexibility index (Phi) is 5.17. The quantitative estimate of drug-likeness (QED) is 0.897. The highest BCUT2D eigenvalue weighted by Gasteiger charge is 2.21. The summed E-state index contributed by atoms with van der Waals surface area (Å²) in [6.45, 7) is 3.30. The zero-order valence-corrected chi connectivity index (χ0v) is 13.2. The van der Waals surface area contributed by atoms with Crippen LogP contribution >= 0.6 is 11.3 Å². The van der Waals surface area contributed by atoms with Crippen LogP contribution in [0, 0.1) is 0 Å². The molecule has 20 heavy (non-hydrogen) atoms. The Labute approximate surface area is 124 Å². The van der Waals surface area contributed by atoms with E-state index < -0.39 is 10.0 Å². The van der Waals surface area contributed by atoms with E-state index in [9.17, 15) is 13.2 Å². The Hall–Kier alpha value is -0.920. The van der Waals surface area contributed by atoms with Crippen molar-refractivity contribution in [3.05, 3.63) is 17.0 Å². The molecule has 1 aromatic heterocycles. The molecule has 112 valence electrons. The van der Waals surface area contributed by atoms with Crippen molar-refractivity contribution in [2.24, 2.45) is 0 Å².